The lowest BCUT2D eigenvalue weighted by molar-refractivity contribution is -0.116. The van der Waals surface area contributed by atoms with Crippen LogP contribution in [-0.2, 0) is 27.8 Å². The average Bonchev–Trinajstić information content (AvgIpc) is 2.96. The van der Waals surface area contributed by atoms with Crippen LogP contribution in [0.4, 0.5) is 10.1 Å². The highest BCUT2D eigenvalue weighted by atomic mass is 35.5. The van der Waals surface area contributed by atoms with Crippen molar-refractivity contribution >= 4 is 44.6 Å². The molecule has 0 fully saturated rings. The summed E-state index contributed by atoms with van der Waals surface area (Å²) in [7, 11) is -4.01. The number of nitrogens with one attached hydrogen (secondary N) is 1. The molecule has 0 atom stereocenters. The monoisotopic (exact) mass is 402 g/mol. The molecule has 0 saturated carbocycles. The largest absolute Gasteiger partial charge is 0.326 e. The predicted molar refractivity (Wildman–Crippen MR) is 95.9 cm³/mol. The van der Waals surface area contributed by atoms with Crippen LogP contribution < -0.4 is 5.32 Å². The number of rotatable bonds is 5. The molecule has 0 bridgehead atoms. The second-order valence-corrected chi connectivity index (χ2v) is 9.33. The summed E-state index contributed by atoms with van der Waals surface area (Å²) in [6.45, 7) is 2.03. The number of fused-ring (bicyclic) bond motifs is 1. The first-order chi connectivity index (χ1) is 11.8. The Morgan fingerprint density at radius 1 is 1.32 bits per heavy atom. The van der Waals surface area contributed by atoms with Crippen LogP contribution in [-0.4, -0.2) is 25.2 Å². The predicted octanol–water partition coefficient (Wildman–Crippen LogP) is 3.64. The summed E-state index contributed by atoms with van der Waals surface area (Å²) in [4.78, 5) is 11.8. The van der Waals surface area contributed by atoms with E-state index in [4.69, 9.17) is 11.6 Å². The minimum absolute atomic E-state index is 0.128. The first-order valence-corrected chi connectivity index (χ1v) is 10.3. The van der Waals surface area contributed by atoms with Gasteiger partial charge in [-0.2, -0.15) is 4.31 Å². The van der Waals surface area contributed by atoms with Crippen LogP contribution in [0.2, 0.25) is 4.34 Å². The molecule has 1 aromatic carbocycles. The van der Waals surface area contributed by atoms with E-state index in [2.05, 4.69) is 5.32 Å². The minimum atomic E-state index is -4.01. The van der Waals surface area contributed by atoms with Crippen molar-refractivity contribution in [2.45, 2.75) is 31.2 Å². The highest BCUT2D eigenvalue weighted by Crippen LogP contribution is 2.31. The molecule has 0 unspecified atom stereocenters. The minimum Gasteiger partial charge on any atom is -0.326 e. The van der Waals surface area contributed by atoms with E-state index >= 15 is 0 Å². The van der Waals surface area contributed by atoms with E-state index in [9.17, 15) is 17.6 Å². The lowest BCUT2D eigenvalue weighted by Gasteiger charge is -2.22. The normalized spacial score (nSPS) is 14.5. The number of hydrogen-bond donors (Lipinski definition) is 1. The van der Waals surface area contributed by atoms with Crippen molar-refractivity contribution in [1.82, 2.24) is 4.31 Å². The molecule has 2 aromatic rings. The van der Waals surface area contributed by atoms with Gasteiger partial charge in [0.1, 0.15) is 10.7 Å². The molecule has 0 radical (unpaired) electrons. The van der Waals surface area contributed by atoms with Crippen molar-refractivity contribution in [3.63, 3.8) is 0 Å². The van der Waals surface area contributed by atoms with E-state index in [1.807, 2.05) is 0 Å². The number of amides is 1. The van der Waals surface area contributed by atoms with E-state index in [1.165, 1.54) is 21.7 Å². The molecule has 1 aliphatic rings. The maximum absolute atomic E-state index is 14.5. The summed E-state index contributed by atoms with van der Waals surface area (Å²) >= 11 is 7.18. The van der Waals surface area contributed by atoms with Crippen molar-refractivity contribution < 1.29 is 17.6 Å². The Hall–Kier alpha value is -1.48. The standard InChI is InChI=1S/C16H16ClFN2O3S2/c1-2-20(9-11-4-5-15(17)24-11)25(22,23)14-7-10-3-6-16(21)19-13(10)8-12(14)18/h4-5,7-8H,2-3,6,9H2,1H3,(H,19,21). The summed E-state index contributed by atoms with van der Waals surface area (Å²) in [5.74, 6) is -1.07. The average molecular weight is 403 g/mol. The first kappa shape index (κ1) is 18.3. The van der Waals surface area contributed by atoms with Gasteiger partial charge in [-0.05, 0) is 36.2 Å². The van der Waals surface area contributed by atoms with Gasteiger partial charge in [-0.25, -0.2) is 12.8 Å². The van der Waals surface area contributed by atoms with Crippen LogP contribution in [0.15, 0.2) is 29.2 Å². The zero-order valence-electron chi connectivity index (χ0n) is 13.4. The van der Waals surface area contributed by atoms with Crippen LogP contribution in [0.5, 0.6) is 0 Å². The maximum atomic E-state index is 14.5. The maximum Gasteiger partial charge on any atom is 0.246 e. The second kappa shape index (κ2) is 7.03. The van der Waals surface area contributed by atoms with E-state index < -0.39 is 15.8 Å². The molecular weight excluding hydrogens is 387 g/mol. The SMILES string of the molecule is CCN(Cc1ccc(Cl)s1)S(=O)(=O)c1cc2c(cc1F)NC(=O)CC2. The lowest BCUT2D eigenvalue weighted by Crippen LogP contribution is -2.31. The number of halogens is 2. The Kier molecular flexibility index (Phi) is 5.15. The zero-order valence-corrected chi connectivity index (χ0v) is 15.8. The molecule has 0 saturated heterocycles. The number of aryl methyl sites for hydroxylation is 1. The van der Waals surface area contributed by atoms with Crippen LogP contribution >= 0.6 is 22.9 Å². The number of carbonyl (C=O) groups excluding carboxylic acids is 1. The highest BCUT2D eigenvalue weighted by Gasteiger charge is 2.29. The van der Waals surface area contributed by atoms with E-state index in [0.717, 1.165) is 10.9 Å². The van der Waals surface area contributed by atoms with Gasteiger partial charge in [0.05, 0.1) is 4.34 Å². The number of nitrogens with zero attached hydrogens (tertiary/aromatic N) is 1. The Labute approximate surface area is 154 Å². The molecule has 2 heterocycles. The molecule has 1 aliphatic heterocycles. The van der Waals surface area contributed by atoms with E-state index in [1.54, 1.807) is 19.1 Å². The van der Waals surface area contributed by atoms with Crippen molar-refractivity contribution in [3.8, 4) is 0 Å². The van der Waals surface area contributed by atoms with Gasteiger partial charge in [-0.15, -0.1) is 11.3 Å². The van der Waals surface area contributed by atoms with Gasteiger partial charge < -0.3 is 5.32 Å². The fraction of sp³-hybridized carbons (Fsp3) is 0.312. The van der Waals surface area contributed by atoms with E-state index in [0.29, 0.717) is 22.0 Å². The molecule has 0 aliphatic carbocycles. The summed E-state index contributed by atoms with van der Waals surface area (Å²) in [5.41, 5.74) is 0.954. The van der Waals surface area contributed by atoms with Gasteiger partial charge in [-0.1, -0.05) is 18.5 Å². The number of sulfonamides is 1. The lowest BCUT2D eigenvalue weighted by atomic mass is 10.0. The fourth-order valence-corrected chi connectivity index (χ4v) is 5.40. The van der Waals surface area contributed by atoms with Gasteiger partial charge in [0.2, 0.25) is 15.9 Å². The van der Waals surface area contributed by atoms with E-state index in [-0.39, 0.29) is 30.3 Å². The quantitative estimate of drug-likeness (QED) is 0.830. The van der Waals surface area contributed by atoms with Gasteiger partial charge >= 0.3 is 0 Å². The van der Waals surface area contributed by atoms with Gasteiger partial charge in [0, 0.05) is 30.1 Å². The van der Waals surface area contributed by atoms with Gasteiger partial charge in [-0.3, -0.25) is 4.79 Å². The first-order valence-electron chi connectivity index (χ1n) is 7.68. The topological polar surface area (TPSA) is 66.5 Å². The van der Waals surface area contributed by atoms with Crippen LogP contribution in [0.1, 0.15) is 23.8 Å². The molecule has 0 spiro atoms. The molecule has 9 heteroatoms. The summed E-state index contributed by atoms with van der Waals surface area (Å²) in [6, 6.07) is 5.85. The molecule has 1 N–H and O–H groups in total. The molecule has 3 rings (SSSR count). The molecular formula is C16H16ClFN2O3S2. The molecule has 1 aromatic heterocycles. The van der Waals surface area contributed by atoms with Crippen molar-refractivity contribution in [1.29, 1.82) is 0 Å². The number of hydrogen-bond acceptors (Lipinski definition) is 4. The molecule has 25 heavy (non-hydrogen) atoms. The second-order valence-electron chi connectivity index (χ2n) is 5.62. The summed E-state index contributed by atoms with van der Waals surface area (Å²) in [6.07, 6.45) is 0.639. The summed E-state index contributed by atoms with van der Waals surface area (Å²) < 4.78 is 42.1. The van der Waals surface area contributed by atoms with Crippen LogP contribution in [0, 0.1) is 5.82 Å². The Balaban J connectivity index is 1.96. The van der Waals surface area contributed by atoms with Crippen LogP contribution in [0.3, 0.4) is 0 Å². The Morgan fingerprint density at radius 3 is 2.72 bits per heavy atom. The van der Waals surface area contributed by atoms with Crippen molar-refractivity contribution in [2.24, 2.45) is 0 Å². The third kappa shape index (κ3) is 3.72. The molecule has 134 valence electrons. The number of benzene rings is 1. The Bertz CT molecular complexity index is 927. The zero-order chi connectivity index (χ0) is 18.2. The molecule has 5 nitrogen and oxygen atoms in total. The number of anilines is 1. The highest BCUT2D eigenvalue weighted by molar-refractivity contribution is 7.89. The Morgan fingerprint density at radius 2 is 2.08 bits per heavy atom. The van der Waals surface area contributed by atoms with Gasteiger partial charge in [0.15, 0.2) is 0 Å². The number of carbonyl (C=O) groups is 1. The van der Waals surface area contributed by atoms with Crippen LogP contribution in [0.25, 0.3) is 0 Å². The third-order valence-electron chi connectivity index (χ3n) is 3.98. The molecule has 1 amide bonds. The van der Waals surface area contributed by atoms with Crippen molar-refractivity contribution in [3.05, 3.63) is 44.9 Å². The van der Waals surface area contributed by atoms with Gasteiger partial charge in [0.25, 0.3) is 0 Å². The third-order valence-corrected chi connectivity index (χ3v) is 7.14. The van der Waals surface area contributed by atoms with Crippen molar-refractivity contribution in [2.75, 3.05) is 11.9 Å². The summed E-state index contributed by atoms with van der Waals surface area (Å²) in [5, 5.41) is 2.56. The smallest absolute Gasteiger partial charge is 0.246 e. The fourth-order valence-electron chi connectivity index (χ4n) is 2.69. The number of thiophene rings is 1.